The maximum Gasteiger partial charge on any atom is 0.358 e. The van der Waals surface area contributed by atoms with Gasteiger partial charge in [-0.15, -0.1) is 0 Å². The molecule has 10 heteroatoms. The van der Waals surface area contributed by atoms with Crippen molar-refractivity contribution < 1.29 is 28.6 Å². The van der Waals surface area contributed by atoms with Gasteiger partial charge in [-0.05, 0) is 43.7 Å². The summed E-state index contributed by atoms with van der Waals surface area (Å²) in [7, 11) is 3.56. The van der Waals surface area contributed by atoms with Crippen LogP contribution >= 0.6 is 0 Å². The van der Waals surface area contributed by atoms with Gasteiger partial charge in [0.25, 0.3) is 5.91 Å². The van der Waals surface area contributed by atoms with E-state index in [0.717, 1.165) is 62.5 Å². The normalized spacial score (nSPS) is 21.2. The van der Waals surface area contributed by atoms with E-state index in [-0.39, 0.29) is 60.6 Å². The molecule has 2 aliphatic rings. The lowest BCUT2D eigenvalue weighted by molar-refractivity contribution is -0.138. The molecule has 0 aliphatic heterocycles. The van der Waals surface area contributed by atoms with Gasteiger partial charge in [0.1, 0.15) is 12.2 Å². The molecule has 4 atom stereocenters. The van der Waals surface area contributed by atoms with Gasteiger partial charge < -0.3 is 24.0 Å². The Balaban J connectivity index is 1.31. The third-order valence-electron chi connectivity index (χ3n) is 9.43. The van der Waals surface area contributed by atoms with E-state index in [1.807, 2.05) is 60.7 Å². The Hall–Kier alpha value is -4.02. The molecule has 47 heavy (non-hydrogen) atoms. The number of rotatable bonds is 13. The maximum absolute atomic E-state index is 14.1. The van der Waals surface area contributed by atoms with Crippen LogP contribution in [0.5, 0.6) is 0 Å². The Kier molecular flexibility index (Phi) is 12.2. The molecule has 5 rings (SSSR count). The summed E-state index contributed by atoms with van der Waals surface area (Å²) in [6.45, 7) is 2.64. The van der Waals surface area contributed by atoms with E-state index in [1.54, 1.807) is 30.8 Å². The second-order valence-corrected chi connectivity index (χ2v) is 12.6. The summed E-state index contributed by atoms with van der Waals surface area (Å²) in [5, 5.41) is 4.42. The number of esters is 1. The highest BCUT2D eigenvalue weighted by atomic mass is 16.5. The first-order chi connectivity index (χ1) is 22.9. The zero-order valence-corrected chi connectivity index (χ0v) is 27.9. The highest BCUT2D eigenvalue weighted by Gasteiger charge is 2.36. The van der Waals surface area contributed by atoms with Crippen LogP contribution in [0.2, 0.25) is 0 Å². The predicted octanol–water partition coefficient (Wildman–Crippen LogP) is 5.65. The molecule has 10 nitrogen and oxygen atoms in total. The van der Waals surface area contributed by atoms with Crippen molar-refractivity contribution in [2.75, 3.05) is 20.7 Å². The number of carbonyl (C=O) groups excluding carboxylic acids is 3. The van der Waals surface area contributed by atoms with Gasteiger partial charge in [0.15, 0.2) is 5.69 Å². The van der Waals surface area contributed by atoms with Crippen LogP contribution in [0.4, 0.5) is 0 Å². The highest BCUT2D eigenvalue weighted by molar-refractivity contribution is 5.96. The summed E-state index contributed by atoms with van der Waals surface area (Å²) in [6, 6.07) is 21.2. The summed E-state index contributed by atoms with van der Waals surface area (Å²) < 4.78 is 19.2. The Bertz CT molecular complexity index is 1460. The predicted molar refractivity (Wildman–Crippen MR) is 178 cm³/mol. The van der Waals surface area contributed by atoms with Crippen molar-refractivity contribution in [3.63, 3.8) is 0 Å². The second-order valence-electron chi connectivity index (χ2n) is 12.6. The van der Waals surface area contributed by atoms with E-state index in [4.69, 9.17) is 14.2 Å². The van der Waals surface area contributed by atoms with Crippen LogP contribution in [0.15, 0.2) is 66.7 Å². The van der Waals surface area contributed by atoms with Gasteiger partial charge in [-0.1, -0.05) is 86.3 Å². The van der Waals surface area contributed by atoms with Gasteiger partial charge >= 0.3 is 5.97 Å². The summed E-state index contributed by atoms with van der Waals surface area (Å²) in [6.07, 6.45) is 7.17. The molecule has 2 aliphatic carbocycles. The van der Waals surface area contributed by atoms with Gasteiger partial charge in [-0.25, -0.2) is 9.48 Å². The fourth-order valence-corrected chi connectivity index (χ4v) is 6.75. The zero-order valence-electron chi connectivity index (χ0n) is 27.9. The lowest BCUT2D eigenvalue weighted by Gasteiger charge is -2.38. The Morgan fingerprint density at radius 2 is 1.28 bits per heavy atom. The monoisotopic (exact) mass is 644 g/mol. The van der Waals surface area contributed by atoms with E-state index in [2.05, 4.69) is 5.10 Å². The van der Waals surface area contributed by atoms with Gasteiger partial charge in [0.05, 0.1) is 44.1 Å². The topological polar surface area (TPSA) is 103 Å². The number of hydrogen-bond donors (Lipinski definition) is 0. The first kappa shape index (κ1) is 34.3. The molecule has 0 N–H and O–H groups in total. The van der Waals surface area contributed by atoms with Crippen LogP contribution in [0, 0.1) is 0 Å². The highest BCUT2D eigenvalue weighted by Crippen LogP contribution is 2.28. The molecule has 0 spiro atoms. The molecular formula is C37H48N4O6. The van der Waals surface area contributed by atoms with E-state index >= 15 is 0 Å². The fraction of sp³-hybridized carbons (Fsp3) is 0.514. The number of likely N-dealkylation sites (N-methyl/N-ethyl adjacent to an activating group) is 2. The van der Waals surface area contributed by atoms with Crippen LogP contribution in [-0.2, 0) is 38.8 Å². The summed E-state index contributed by atoms with van der Waals surface area (Å²) >= 11 is 0. The van der Waals surface area contributed by atoms with Crippen molar-refractivity contribution in [2.24, 2.45) is 0 Å². The minimum atomic E-state index is -0.632. The Morgan fingerprint density at radius 3 is 1.81 bits per heavy atom. The van der Waals surface area contributed by atoms with Gasteiger partial charge in [-0.2, -0.15) is 5.10 Å². The Morgan fingerprint density at radius 1 is 0.766 bits per heavy atom. The molecule has 2 aromatic carbocycles. The number of ether oxygens (including phenoxy) is 3. The molecule has 1 aromatic heterocycles. The molecule has 0 bridgehead atoms. The van der Waals surface area contributed by atoms with Crippen LogP contribution in [0.25, 0.3) is 0 Å². The second kappa shape index (κ2) is 16.7. The molecule has 2 saturated carbocycles. The van der Waals surface area contributed by atoms with Crippen LogP contribution in [-0.4, -0.2) is 82.4 Å². The molecule has 1 heterocycles. The number of carbonyl (C=O) groups is 3. The molecule has 2 amide bonds. The average Bonchev–Trinajstić information content (AvgIpc) is 3.54. The van der Waals surface area contributed by atoms with Crippen LogP contribution in [0.3, 0.4) is 0 Å². The number of hydrogen-bond acceptors (Lipinski definition) is 7. The molecular weight excluding hydrogens is 596 g/mol. The number of benzene rings is 2. The summed E-state index contributed by atoms with van der Waals surface area (Å²) in [5.41, 5.74) is 2.34. The van der Waals surface area contributed by atoms with Crippen LogP contribution < -0.4 is 0 Å². The molecule has 2 fully saturated rings. The average molecular weight is 645 g/mol. The minimum absolute atomic E-state index is 0.00121. The third-order valence-corrected chi connectivity index (χ3v) is 9.43. The van der Waals surface area contributed by atoms with Crippen molar-refractivity contribution >= 4 is 17.8 Å². The minimum Gasteiger partial charge on any atom is -0.461 e. The van der Waals surface area contributed by atoms with E-state index < -0.39 is 5.97 Å². The maximum atomic E-state index is 14.1. The molecule has 0 saturated heterocycles. The molecule has 1 unspecified atom stereocenters. The number of amides is 2. The smallest absolute Gasteiger partial charge is 0.358 e. The van der Waals surface area contributed by atoms with Gasteiger partial charge in [0.2, 0.25) is 5.91 Å². The SMILES string of the molecule is CCOC(=O)c1cc(C(=O)N(C)[C@H]2CCCC[C@@H]2OCc2ccccc2)n(CC(=O)N(C)C2CCCC[C@@H]2OCc2ccccc2)n1. The fourth-order valence-electron chi connectivity index (χ4n) is 6.75. The quantitative estimate of drug-likeness (QED) is 0.222. The van der Waals surface area contributed by atoms with Gasteiger partial charge in [-0.3, -0.25) is 9.59 Å². The largest absolute Gasteiger partial charge is 0.461 e. The molecule has 0 radical (unpaired) electrons. The van der Waals surface area contributed by atoms with Crippen LogP contribution in [0.1, 0.15) is 90.4 Å². The lowest BCUT2D eigenvalue weighted by atomic mass is 9.91. The number of nitrogens with zero attached hydrogens (tertiary/aromatic N) is 4. The van der Waals surface area contributed by atoms with E-state index in [1.165, 1.54) is 10.7 Å². The van der Waals surface area contributed by atoms with Crippen molar-refractivity contribution in [1.82, 2.24) is 19.6 Å². The number of aromatic nitrogens is 2. The van der Waals surface area contributed by atoms with E-state index in [9.17, 15) is 14.4 Å². The van der Waals surface area contributed by atoms with Crippen molar-refractivity contribution in [3.05, 3.63) is 89.2 Å². The summed E-state index contributed by atoms with van der Waals surface area (Å²) in [5.74, 6) is -1.15. The first-order valence-corrected chi connectivity index (χ1v) is 16.9. The standard InChI is InChI=1S/C37H48N4O6/c1-4-45-37(44)29-23-32(36(43)40(3)31-20-12-14-22-34(31)47-26-28-17-9-6-10-18-28)41(38-29)24-35(42)39(2)30-19-11-13-21-33(30)46-25-27-15-7-5-8-16-27/h5-10,15-18,23,30-31,33-34H,4,11-14,19-22,24-26H2,1-3H3/t30?,31-,33-,34-/m0/s1. The van der Waals surface area contributed by atoms with Crippen molar-refractivity contribution in [1.29, 1.82) is 0 Å². The third kappa shape index (κ3) is 8.87. The molecule has 252 valence electrons. The zero-order chi connectivity index (χ0) is 33.2. The summed E-state index contributed by atoms with van der Waals surface area (Å²) in [4.78, 5) is 44.1. The first-order valence-electron chi connectivity index (χ1n) is 16.9. The van der Waals surface area contributed by atoms with Crippen molar-refractivity contribution in [3.8, 4) is 0 Å². The lowest BCUT2D eigenvalue weighted by Crippen LogP contribution is -2.49. The van der Waals surface area contributed by atoms with E-state index in [0.29, 0.717) is 13.2 Å². The van der Waals surface area contributed by atoms with Gasteiger partial charge in [0, 0.05) is 20.2 Å². The molecule has 3 aromatic rings. The van der Waals surface area contributed by atoms with Crippen molar-refractivity contribution in [2.45, 2.75) is 102 Å². The Labute approximate surface area is 278 Å².